The van der Waals surface area contributed by atoms with Gasteiger partial charge >= 0.3 is 0 Å². The van der Waals surface area contributed by atoms with Crippen LogP contribution in [0.4, 0.5) is 0 Å². The minimum absolute atomic E-state index is 0.193. The van der Waals surface area contributed by atoms with E-state index in [0.717, 1.165) is 12.5 Å². The van der Waals surface area contributed by atoms with E-state index in [4.69, 9.17) is 0 Å². The smallest absolute Gasteiger partial charge is 0.223 e. The molecule has 90 valence electrons. The Hall–Kier alpha value is -0.570. The maximum Gasteiger partial charge on any atom is 0.223 e. The van der Waals surface area contributed by atoms with Crippen LogP contribution in [-0.2, 0) is 4.79 Å². The second-order valence-electron chi connectivity index (χ2n) is 4.64. The van der Waals surface area contributed by atoms with Crippen molar-refractivity contribution in [3.8, 4) is 0 Å². The van der Waals surface area contributed by atoms with Crippen molar-refractivity contribution in [2.45, 2.75) is 46.1 Å². The van der Waals surface area contributed by atoms with Crippen molar-refractivity contribution in [1.29, 1.82) is 0 Å². The van der Waals surface area contributed by atoms with E-state index in [-0.39, 0.29) is 5.91 Å². The van der Waals surface area contributed by atoms with E-state index in [1.807, 2.05) is 0 Å². The van der Waals surface area contributed by atoms with Crippen molar-refractivity contribution in [3.05, 3.63) is 0 Å². The second kappa shape index (κ2) is 7.69. The summed E-state index contributed by atoms with van der Waals surface area (Å²) in [7, 11) is 3.59. The summed E-state index contributed by atoms with van der Waals surface area (Å²) in [5.41, 5.74) is 0. The first kappa shape index (κ1) is 14.4. The van der Waals surface area contributed by atoms with Crippen LogP contribution >= 0.6 is 0 Å². The number of hydrogen-bond donors (Lipinski definition) is 1. The van der Waals surface area contributed by atoms with Crippen molar-refractivity contribution in [1.82, 2.24) is 10.2 Å². The summed E-state index contributed by atoms with van der Waals surface area (Å²) in [6, 6.07) is 0.509. The van der Waals surface area contributed by atoms with Crippen LogP contribution < -0.4 is 5.32 Å². The molecule has 15 heavy (non-hydrogen) atoms. The molecule has 0 aromatic rings. The van der Waals surface area contributed by atoms with Gasteiger partial charge in [0, 0.05) is 33.1 Å². The lowest BCUT2D eigenvalue weighted by molar-refractivity contribution is -0.128. The van der Waals surface area contributed by atoms with Gasteiger partial charge in [-0.2, -0.15) is 0 Å². The largest absolute Gasteiger partial charge is 0.349 e. The zero-order chi connectivity index (χ0) is 11.8. The molecule has 3 heteroatoms. The van der Waals surface area contributed by atoms with Crippen LogP contribution in [0, 0.1) is 5.92 Å². The molecule has 0 aromatic heterocycles. The van der Waals surface area contributed by atoms with Crippen molar-refractivity contribution in [2.24, 2.45) is 5.92 Å². The Kier molecular flexibility index (Phi) is 7.39. The van der Waals surface area contributed by atoms with Gasteiger partial charge in [-0.3, -0.25) is 4.79 Å². The molecule has 0 aliphatic rings. The first-order valence-electron chi connectivity index (χ1n) is 5.90. The zero-order valence-electron chi connectivity index (χ0n) is 10.8. The van der Waals surface area contributed by atoms with Crippen LogP contribution in [0.5, 0.6) is 0 Å². The number of nitrogens with zero attached hydrogens (tertiary/aromatic N) is 1. The number of hydrogen-bond acceptors (Lipinski definition) is 2. The van der Waals surface area contributed by atoms with Crippen LogP contribution in [-0.4, -0.2) is 37.5 Å². The van der Waals surface area contributed by atoms with Crippen LogP contribution in [0.15, 0.2) is 0 Å². The highest BCUT2D eigenvalue weighted by Gasteiger charge is 2.08. The molecule has 0 fully saturated rings. The van der Waals surface area contributed by atoms with Crippen LogP contribution in [0.1, 0.15) is 40.0 Å². The van der Waals surface area contributed by atoms with Gasteiger partial charge in [-0.25, -0.2) is 0 Å². The fourth-order valence-electron chi connectivity index (χ4n) is 1.50. The molecule has 0 bridgehead atoms. The Morgan fingerprint density at radius 1 is 1.33 bits per heavy atom. The first-order chi connectivity index (χ1) is 6.97. The van der Waals surface area contributed by atoms with E-state index in [1.165, 1.54) is 12.8 Å². The van der Waals surface area contributed by atoms with Gasteiger partial charge in [0.2, 0.25) is 5.91 Å². The van der Waals surface area contributed by atoms with Gasteiger partial charge in [-0.15, -0.1) is 0 Å². The fraction of sp³-hybridized carbons (Fsp3) is 0.917. The van der Waals surface area contributed by atoms with Gasteiger partial charge in [0.1, 0.15) is 0 Å². The number of carbonyl (C=O) groups excluding carboxylic acids is 1. The van der Waals surface area contributed by atoms with Crippen molar-refractivity contribution >= 4 is 5.91 Å². The molecule has 2 atom stereocenters. The molecule has 1 amide bonds. The third-order valence-corrected chi connectivity index (χ3v) is 2.78. The van der Waals surface area contributed by atoms with Gasteiger partial charge in [-0.05, 0) is 19.3 Å². The Morgan fingerprint density at radius 2 is 1.93 bits per heavy atom. The molecule has 0 rings (SSSR count). The monoisotopic (exact) mass is 214 g/mol. The summed E-state index contributed by atoms with van der Waals surface area (Å²) < 4.78 is 0. The van der Waals surface area contributed by atoms with E-state index in [0.29, 0.717) is 12.5 Å². The third kappa shape index (κ3) is 7.37. The number of rotatable bonds is 7. The van der Waals surface area contributed by atoms with E-state index in [1.54, 1.807) is 19.0 Å². The summed E-state index contributed by atoms with van der Waals surface area (Å²) in [5, 5.41) is 3.39. The third-order valence-electron chi connectivity index (χ3n) is 2.78. The molecular formula is C12H26N2O. The first-order valence-corrected chi connectivity index (χ1v) is 5.90. The van der Waals surface area contributed by atoms with Crippen molar-refractivity contribution in [2.75, 3.05) is 20.6 Å². The highest BCUT2D eigenvalue weighted by atomic mass is 16.2. The van der Waals surface area contributed by atoms with Gasteiger partial charge in [0.05, 0.1) is 0 Å². The summed E-state index contributed by atoms with van der Waals surface area (Å²) in [5.74, 6) is 0.954. The van der Waals surface area contributed by atoms with Gasteiger partial charge in [-0.1, -0.05) is 20.3 Å². The molecule has 0 aliphatic heterocycles. The summed E-state index contributed by atoms with van der Waals surface area (Å²) in [6.45, 7) is 7.46. The lowest BCUT2D eigenvalue weighted by atomic mass is 10.0. The Bertz CT molecular complexity index is 180. The van der Waals surface area contributed by atoms with Crippen molar-refractivity contribution in [3.63, 3.8) is 0 Å². The average Bonchev–Trinajstić information content (AvgIpc) is 2.17. The van der Waals surface area contributed by atoms with Crippen LogP contribution in [0.2, 0.25) is 0 Å². The molecule has 0 saturated heterocycles. The molecule has 0 radical (unpaired) electrons. The maximum atomic E-state index is 11.3. The minimum Gasteiger partial charge on any atom is -0.349 e. The SMILES string of the molecule is CCC(C)CC(C)NCCC(=O)N(C)C. The molecule has 0 aliphatic carbocycles. The average molecular weight is 214 g/mol. The van der Waals surface area contributed by atoms with E-state index in [9.17, 15) is 4.79 Å². The summed E-state index contributed by atoms with van der Waals surface area (Å²) >= 11 is 0. The molecule has 0 heterocycles. The molecule has 0 saturated carbocycles. The normalized spacial score (nSPS) is 14.7. The Balaban J connectivity index is 3.55. The van der Waals surface area contributed by atoms with E-state index < -0.39 is 0 Å². The quantitative estimate of drug-likeness (QED) is 0.702. The van der Waals surface area contributed by atoms with Gasteiger partial charge < -0.3 is 10.2 Å². The van der Waals surface area contributed by atoms with Crippen molar-refractivity contribution < 1.29 is 4.79 Å². The highest BCUT2D eigenvalue weighted by Crippen LogP contribution is 2.09. The Morgan fingerprint density at radius 3 is 2.40 bits per heavy atom. The highest BCUT2D eigenvalue weighted by molar-refractivity contribution is 5.75. The predicted octanol–water partition coefficient (Wildman–Crippen LogP) is 1.88. The van der Waals surface area contributed by atoms with E-state index >= 15 is 0 Å². The minimum atomic E-state index is 0.193. The van der Waals surface area contributed by atoms with E-state index in [2.05, 4.69) is 26.1 Å². The van der Waals surface area contributed by atoms with Crippen LogP contribution in [0.3, 0.4) is 0 Å². The lowest BCUT2D eigenvalue weighted by Gasteiger charge is -2.18. The fourth-order valence-corrected chi connectivity index (χ4v) is 1.50. The molecule has 0 spiro atoms. The molecule has 2 unspecified atom stereocenters. The molecule has 0 aromatic carbocycles. The predicted molar refractivity (Wildman–Crippen MR) is 64.8 cm³/mol. The molecular weight excluding hydrogens is 188 g/mol. The number of carbonyl (C=O) groups is 1. The lowest BCUT2D eigenvalue weighted by Crippen LogP contribution is -2.32. The van der Waals surface area contributed by atoms with Crippen LogP contribution in [0.25, 0.3) is 0 Å². The standard InChI is InChI=1S/C12H26N2O/c1-6-10(2)9-11(3)13-8-7-12(15)14(4)5/h10-11,13H,6-9H2,1-5H3. The topological polar surface area (TPSA) is 32.3 Å². The summed E-state index contributed by atoms with van der Waals surface area (Å²) in [4.78, 5) is 12.9. The Labute approximate surface area is 94.2 Å². The maximum absolute atomic E-state index is 11.3. The van der Waals surface area contributed by atoms with Gasteiger partial charge in [0.15, 0.2) is 0 Å². The second-order valence-corrected chi connectivity index (χ2v) is 4.64. The van der Waals surface area contributed by atoms with Gasteiger partial charge in [0.25, 0.3) is 0 Å². The number of amides is 1. The summed E-state index contributed by atoms with van der Waals surface area (Å²) in [6.07, 6.45) is 3.01. The molecule has 3 nitrogen and oxygen atoms in total. The molecule has 1 N–H and O–H groups in total. The number of nitrogens with one attached hydrogen (secondary N) is 1. The zero-order valence-corrected chi connectivity index (χ0v) is 10.8.